The number of phenols is 1. The summed E-state index contributed by atoms with van der Waals surface area (Å²) in [6, 6.07) is 12.0. The molecule has 3 N–H and O–H groups in total. The monoisotopic (exact) mass is 291 g/mol. The molecule has 2 rings (SSSR count). The number of carboxylic acids is 1. The summed E-state index contributed by atoms with van der Waals surface area (Å²) >= 11 is 5.90. The lowest BCUT2D eigenvalue weighted by Gasteiger charge is -2.08. The Balaban J connectivity index is 1.97. The molecule has 0 aliphatic carbocycles. The van der Waals surface area contributed by atoms with Gasteiger partial charge >= 0.3 is 5.97 Å². The molecule has 0 saturated carbocycles. The highest BCUT2D eigenvalue weighted by molar-refractivity contribution is 6.30. The molecule has 0 amide bonds. The van der Waals surface area contributed by atoms with Crippen LogP contribution in [0.1, 0.15) is 15.9 Å². The number of anilines is 1. The average molecular weight is 292 g/mol. The molecular formula is C15H14ClNO3. The summed E-state index contributed by atoms with van der Waals surface area (Å²) in [7, 11) is 0. The van der Waals surface area contributed by atoms with Crippen LogP contribution in [0.15, 0.2) is 42.5 Å². The predicted molar refractivity (Wildman–Crippen MR) is 78.7 cm³/mol. The molecule has 0 aliphatic heterocycles. The zero-order valence-electron chi connectivity index (χ0n) is 10.6. The van der Waals surface area contributed by atoms with Crippen LogP contribution in [0.25, 0.3) is 0 Å². The fourth-order valence-corrected chi connectivity index (χ4v) is 2.07. The molecule has 0 atom stereocenters. The van der Waals surface area contributed by atoms with Gasteiger partial charge in [0.25, 0.3) is 0 Å². The highest BCUT2D eigenvalue weighted by Gasteiger charge is 2.09. The normalized spacial score (nSPS) is 10.2. The van der Waals surface area contributed by atoms with Gasteiger partial charge in [-0.25, -0.2) is 4.79 Å². The van der Waals surface area contributed by atoms with E-state index in [0.717, 1.165) is 12.0 Å². The molecule has 0 saturated heterocycles. The average Bonchev–Trinajstić information content (AvgIpc) is 2.40. The Morgan fingerprint density at radius 1 is 1.20 bits per heavy atom. The first-order chi connectivity index (χ1) is 9.56. The van der Waals surface area contributed by atoms with Crippen molar-refractivity contribution >= 4 is 23.3 Å². The highest BCUT2D eigenvalue weighted by atomic mass is 35.5. The van der Waals surface area contributed by atoms with E-state index in [1.54, 1.807) is 6.07 Å². The number of halogens is 1. The number of rotatable bonds is 5. The Bertz CT molecular complexity index is 628. The van der Waals surface area contributed by atoms with Gasteiger partial charge in [-0.1, -0.05) is 23.7 Å². The maximum atomic E-state index is 10.9. The molecule has 0 fully saturated rings. The van der Waals surface area contributed by atoms with E-state index in [-0.39, 0.29) is 11.3 Å². The van der Waals surface area contributed by atoms with E-state index in [2.05, 4.69) is 5.32 Å². The molecule has 0 heterocycles. The van der Waals surface area contributed by atoms with Crippen molar-refractivity contribution in [1.82, 2.24) is 0 Å². The van der Waals surface area contributed by atoms with Gasteiger partial charge in [-0.3, -0.25) is 0 Å². The quantitative estimate of drug-likeness (QED) is 0.739. The number of carbonyl (C=O) groups is 1. The van der Waals surface area contributed by atoms with Crippen LogP contribution in [-0.2, 0) is 6.42 Å². The van der Waals surface area contributed by atoms with Crippen molar-refractivity contribution in [2.24, 2.45) is 0 Å². The maximum absolute atomic E-state index is 10.9. The smallest absolute Gasteiger partial charge is 0.339 e. The first-order valence-corrected chi connectivity index (χ1v) is 6.48. The molecule has 4 nitrogen and oxygen atoms in total. The van der Waals surface area contributed by atoms with Crippen molar-refractivity contribution in [3.8, 4) is 5.75 Å². The van der Waals surface area contributed by atoms with Crippen molar-refractivity contribution in [2.45, 2.75) is 6.42 Å². The Hall–Kier alpha value is -2.20. The second kappa shape index (κ2) is 6.30. The minimum absolute atomic E-state index is 0.113. The van der Waals surface area contributed by atoms with Crippen molar-refractivity contribution in [3.63, 3.8) is 0 Å². The summed E-state index contributed by atoms with van der Waals surface area (Å²) in [6.45, 7) is 0.643. The molecule has 2 aromatic rings. The molecule has 0 unspecified atom stereocenters. The maximum Gasteiger partial charge on any atom is 0.339 e. The summed E-state index contributed by atoms with van der Waals surface area (Å²) in [6.07, 6.45) is 0.768. The van der Waals surface area contributed by atoms with Crippen molar-refractivity contribution in [1.29, 1.82) is 0 Å². The Labute approximate surface area is 121 Å². The summed E-state index contributed by atoms with van der Waals surface area (Å²) in [5, 5.41) is 22.1. The molecule has 0 aliphatic rings. The lowest BCUT2D eigenvalue weighted by molar-refractivity contribution is 0.0694. The van der Waals surface area contributed by atoms with E-state index >= 15 is 0 Å². The summed E-state index contributed by atoms with van der Waals surface area (Å²) < 4.78 is 0. The highest BCUT2D eigenvalue weighted by Crippen LogP contribution is 2.21. The summed E-state index contributed by atoms with van der Waals surface area (Å²) in [5.41, 5.74) is 1.64. The molecule has 104 valence electrons. The summed E-state index contributed by atoms with van der Waals surface area (Å²) in [4.78, 5) is 10.9. The largest absolute Gasteiger partial charge is 0.507 e. The third-order valence-corrected chi connectivity index (χ3v) is 3.09. The van der Waals surface area contributed by atoms with Gasteiger partial charge in [-0.05, 0) is 42.3 Å². The van der Waals surface area contributed by atoms with Crippen LogP contribution in [0.5, 0.6) is 5.75 Å². The van der Waals surface area contributed by atoms with Crippen molar-refractivity contribution in [3.05, 3.63) is 58.6 Å². The standard InChI is InChI=1S/C15H14ClNO3/c16-11-3-1-2-10(8-11)6-7-17-12-4-5-14(18)13(9-12)15(19)20/h1-5,8-9,17-18H,6-7H2,(H,19,20). The van der Waals surface area contributed by atoms with Crippen molar-refractivity contribution < 1.29 is 15.0 Å². The van der Waals surface area contributed by atoms with E-state index in [9.17, 15) is 9.90 Å². The number of aromatic carboxylic acids is 1. The van der Waals surface area contributed by atoms with Gasteiger partial charge < -0.3 is 15.5 Å². The minimum atomic E-state index is -1.15. The van der Waals surface area contributed by atoms with E-state index in [1.165, 1.54) is 12.1 Å². The predicted octanol–water partition coefficient (Wildman–Crippen LogP) is 3.40. The third kappa shape index (κ3) is 3.65. The minimum Gasteiger partial charge on any atom is -0.507 e. The van der Waals surface area contributed by atoms with Crippen LogP contribution in [0.3, 0.4) is 0 Å². The molecule has 5 heteroatoms. The number of aromatic hydroxyl groups is 1. The fraction of sp³-hybridized carbons (Fsp3) is 0.133. The third-order valence-electron chi connectivity index (χ3n) is 2.86. The van der Waals surface area contributed by atoms with Crippen LogP contribution in [0.4, 0.5) is 5.69 Å². The van der Waals surface area contributed by atoms with Gasteiger partial charge in [0, 0.05) is 17.3 Å². The first-order valence-electron chi connectivity index (χ1n) is 6.11. The van der Waals surface area contributed by atoms with Crippen LogP contribution in [-0.4, -0.2) is 22.7 Å². The van der Waals surface area contributed by atoms with Gasteiger partial charge in [-0.2, -0.15) is 0 Å². The van der Waals surface area contributed by atoms with Gasteiger partial charge in [-0.15, -0.1) is 0 Å². The molecule has 0 bridgehead atoms. The van der Waals surface area contributed by atoms with E-state index in [1.807, 2.05) is 24.3 Å². The SMILES string of the molecule is O=C(O)c1cc(NCCc2cccc(Cl)c2)ccc1O. The van der Waals surface area contributed by atoms with E-state index in [4.69, 9.17) is 16.7 Å². The molecule has 0 aromatic heterocycles. The molecular weight excluding hydrogens is 278 g/mol. The van der Waals surface area contributed by atoms with E-state index < -0.39 is 5.97 Å². The molecule has 20 heavy (non-hydrogen) atoms. The molecule has 0 radical (unpaired) electrons. The number of nitrogens with one attached hydrogen (secondary N) is 1. The van der Waals surface area contributed by atoms with Crippen LogP contribution >= 0.6 is 11.6 Å². The van der Waals surface area contributed by atoms with Crippen LogP contribution < -0.4 is 5.32 Å². The van der Waals surface area contributed by atoms with Crippen molar-refractivity contribution in [2.75, 3.05) is 11.9 Å². The first kappa shape index (κ1) is 14.2. The number of benzene rings is 2. The van der Waals surface area contributed by atoms with Gasteiger partial charge in [0.15, 0.2) is 0 Å². The van der Waals surface area contributed by atoms with Gasteiger partial charge in [0.2, 0.25) is 0 Å². The Morgan fingerprint density at radius 2 is 2.00 bits per heavy atom. The zero-order chi connectivity index (χ0) is 14.5. The lowest BCUT2D eigenvalue weighted by Crippen LogP contribution is -2.06. The molecule has 2 aromatic carbocycles. The van der Waals surface area contributed by atoms with Gasteiger partial charge in [0.1, 0.15) is 11.3 Å². The Morgan fingerprint density at radius 3 is 2.70 bits per heavy atom. The lowest BCUT2D eigenvalue weighted by atomic mass is 10.1. The number of hydrogen-bond donors (Lipinski definition) is 3. The number of hydrogen-bond acceptors (Lipinski definition) is 3. The zero-order valence-corrected chi connectivity index (χ0v) is 11.4. The topological polar surface area (TPSA) is 69.6 Å². The summed E-state index contributed by atoms with van der Waals surface area (Å²) in [5.74, 6) is -1.39. The second-order valence-electron chi connectivity index (χ2n) is 4.34. The molecule has 0 spiro atoms. The van der Waals surface area contributed by atoms with Crippen LogP contribution in [0, 0.1) is 0 Å². The second-order valence-corrected chi connectivity index (χ2v) is 4.78. The van der Waals surface area contributed by atoms with Gasteiger partial charge in [0.05, 0.1) is 0 Å². The number of carboxylic acid groups (broad SMARTS) is 1. The fourth-order valence-electron chi connectivity index (χ4n) is 1.86. The van der Waals surface area contributed by atoms with Crippen LogP contribution in [0.2, 0.25) is 5.02 Å². The Kier molecular flexibility index (Phi) is 4.48. The van der Waals surface area contributed by atoms with E-state index in [0.29, 0.717) is 17.3 Å².